The Hall–Kier alpha value is -3.00. The van der Waals surface area contributed by atoms with E-state index in [1.807, 2.05) is 24.4 Å². The Kier molecular flexibility index (Phi) is 17.3. The molecule has 3 aromatic carbocycles. The third-order valence-electron chi connectivity index (χ3n) is 8.32. The van der Waals surface area contributed by atoms with Crippen molar-refractivity contribution in [3.8, 4) is 16.9 Å². The molecule has 42 heavy (non-hydrogen) atoms. The van der Waals surface area contributed by atoms with E-state index in [0.717, 1.165) is 30.2 Å². The maximum atomic E-state index is 6.02. The van der Waals surface area contributed by atoms with E-state index in [1.165, 1.54) is 120 Å². The zero-order valence-electron chi connectivity index (χ0n) is 26.6. The number of ether oxygens (including phenoxy) is 1. The van der Waals surface area contributed by atoms with Gasteiger partial charge in [0.2, 0.25) is 0 Å². The molecule has 0 amide bonds. The average Bonchev–Trinajstić information content (AvgIpc) is 3.04. The average molecular weight is 568 g/mol. The minimum absolute atomic E-state index is 0.809. The highest BCUT2D eigenvalue weighted by molar-refractivity contribution is 5.71. The molecule has 0 spiro atoms. The van der Waals surface area contributed by atoms with Crippen molar-refractivity contribution >= 4 is 11.4 Å². The number of hydrogen-bond acceptors (Lipinski definition) is 2. The van der Waals surface area contributed by atoms with Gasteiger partial charge in [-0.15, -0.1) is 0 Å². The number of rotatable bonds is 24. The van der Waals surface area contributed by atoms with Gasteiger partial charge in [0.05, 0.1) is 6.61 Å². The number of para-hydroxylation sites is 1. The van der Waals surface area contributed by atoms with E-state index in [4.69, 9.17) is 4.74 Å². The summed E-state index contributed by atoms with van der Waals surface area (Å²) in [4.78, 5) is 2.10. The Bertz CT molecular complexity index is 1060. The first kappa shape index (κ1) is 33.5. The standard InChI is InChI=1S/C40H57NO/c1-3-5-6-7-8-9-10-11-12-13-14-15-16-17-18-19-20-24-35-42-40-33-29-37(30-34-40)36-27-31-39(32-28-36)41(4-2)38-25-22-21-23-26-38/h4,21-23,25-34H,2-3,5-20,24,35H2,1H3. The summed E-state index contributed by atoms with van der Waals surface area (Å²) in [6, 6.07) is 27.4. The van der Waals surface area contributed by atoms with Crippen molar-refractivity contribution < 1.29 is 4.74 Å². The summed E-state index contributed by atoms with van der Waals surface area (Å²) < 4.78 is 6.02. The highest BCUT2D eigenvalue weighted by Gasteiger charge is 2.06. The SMILES string of the molecule is C=CN(c1ccccc1)c1ccc(-c2ccc(OCCCCCCCCCCCCCCCCCCCC)cc2)cc1. The van der Waals surface area contributed by atoms with Gasteiger partial charge in [-0.1, -0.05) is 165 Å². The molecule has 2 nitrogen and oxygen atoms in total. The van der Waals surface area contributed by atoms with Gasteiger partial charge in [-0.05, 0) is 53.9 Å². The topological polar surface area (TPSA) is 12.5 Å². The van der Waals surface area contributed by atoms with Gasteiger partial charge < -0.3 is 9.64 Å². The molecule has 0 aliphatic heterocycles. The van der Waals surface area contributed by atoms with Crippen molar-refractivity contribution in [3.05, 3.63) is 91.6 Å². The third-order valence-corrected chi connectivity index (χ3v) is 8.32. The highest BCUT2D eigenvalue weighted by atomic mass is 16.5. The molecule has 3 aromatic rings. The summed E-state index contributed by atoms with van der Waals surface area (Å²) in [7, 11) is 0. The van der Waals surface area contributed by atoms with Crippen molar-refractivity contribution in [2.75, 3.05) is 11.5 Å². The van der Waals surface area contributed by atoms with E-state index >= 15 is 0 Å². The predicted molar refractivity (Wildman–Crippen MR) is 185 cm³/mol. The Morgan fingerprint density at radius 3 is 1.36 bits per heavy atom. The summed E-state index contributed by atoms with van der Waals surface area (Å²) in [6.07, 6.45) is 27.1. The van der Waals surface area contributed by atoms with E-state index < -0.39 is 0 Å². The molecule has 0 aliphatic rings. The van der Waals surface area contributed by atoms with Gasteiger partial charge in [0.15, 0.2) is 0 Å². The number of hydrogen-bond donors (Lipinski definition) is 0. The van der Waals surface area contributed by atoms with Gasteiger partial charge in [0.25, 0.3) is 0 Å². The summed E-state index contributed by atoms with van der Waals surface area (Å²) >= 11 is 0. The summed E-state index contributed by atoms with van der Waals surface area (Å²) in [5.74, 6) is 0.962. The smallest absolute Gasteiger partial charge is 0.119 e. The van der Waals surface area contributed by atoms with E-state index in [9.17, 15) is 0 Å². The van der Waals surface area contributed by atoms with Gasteiger partial charge >= 0.3 is 0 Å². The van der Waals surface area contributed by atoms with Crippen molar-refractivity contribution in [1.82, 2.24) is 0 Å². The third kappa shape index (κ3) is 13.3. The number of benzene rings is 3. The first-order valence-electron chi connectivity index (χ1n) is 17.1. The zero-order chi connectivity index (χ0) is 29.5. The molecule has 0 bridgehead atoms. The van der Waals surface area contributed by atoms with Crippen LogP contribution >= 0.6 is 0 Å². The first-order valence-corrected chi connectivity index (χ1v) is 17.1. The predicted octanol–water partition coefficient (Wildman–Crippen LogP) is 13.1. The monoisotopic (exact) mass is 567 g/mol. The quantitative estimate of drug-likeness (QED) is 0.0998. The molecule has 0 fully saturated rings. The van der Waals surface area contributed by atoms with Crippen LogP contribution in [0.15, 0.2) is 91.6 Å². The maximum Gasteiger partial charge on any atom is 0.119 e. The molecule has 0 heterocycles. The van der Waals surface area contributed by atoms with E-state index in [0.29, 0.717) is 0 Å². The van der Waals surface area contributed by atoms with Gasteiger partial charge in [0, 0.05) is 17.6 Å². The van der Waals surface area contributed by atoms with Crippen molar-refractivity contribution in [2.45, 2.75) is 122 Å². The molecule has 0 saturated carbocycles. The molecule has 0 N–H and O–H groups in total. The first-order chi connectivity index (χ1) is 20.8. The van der Waals surface area contributed by atoms with Crippen LogP contribution in [0.1, 0.15) is 122 Å². The summed E-state index contributed by atoms with van der Waals surface area (Å²) in [5, 5.41) is 0. The van der Waals surface area contributed by atoms with Crippen LogP contribution in [0.2, 0.25) is 0 Å². The van der Waals surface area contributed by atoms with E-state index in [1.54, 1.807) is 0 Å². The second-order valence-electron chi connectivity index (χ2n) is 11.8. The largest absolute Gasteiger partial charge is 0.494 e. The fraction of sp³-hybridized carbons (Fsp3) is 0.500. The molecule has 0 radical (unpaired) electrons. The summed E-state index contributed by atoms with van der Waals surface area (Å²) in [5.41, 5.74) is 4.61. The fourth-order valence-corrected chi connectivity index (χ4v) is 5.70. The number of nitrogens with zero attached hydrogens (tertiary/aromatic N) is 1. The Morgan fingerprint density at radius 2 is 0.905 bits per heavy atom. The van der Waals surface area contributed by atoms with Gasteiger partial charge in [-0.25, -0.2) is 0 Å². The Labute approximate surface area is 258 Å². The van der Waals surface area contributed by atoms with Crippen LogP contribution in [0.3, 0.4) is 0 Å². The van der Waals surface area contributed by atoms with E-state index in [2.05, 4.69) is 79.1 Å². The lowest BCUT2D eigenvalue weighted by Crippen LogP contribution is -2.07. The molecular weight excluding hydrogens is 510 g/mol. The maximum absolute atomic E-state index is 6.02. The Balaban J connectivity index is 1.18. The Morgan fingerprint density at radius 1 is 0.500 bits per heavy atom. The molecular formula is C40H57NO. The van der Waals surface area contributed by atoms with Gasteiger partial charge in [0.1, 0.15) is 5.75 Å². The lowest BCUT2D eigenvalue weighted by molar-refractivity contribution is 0.304. The zero-order valence-corrected chi connectivity index (χ0v) is 26.6. The lowest BCUT2D eigenvalue weighted by Gasteiger charge is -2.20. The van der Waals surface area contributed by atoms with Crippen LogP contribution in [-0.2, 0) is 0 Å². The molecule has 0 saturated heterocycles. The molecule has 2 heteroatoms. The molecule has 0 unspecified atom stereocenters. The van der Waals surface area contributed by atoms with Crippen molar-refractivity contribution in [2.24, 2.45) is 0 Å². The van der Waals surface area contributed by atoms with Crippen LogP contribution in [0.5, 0.6) is 5.75 Å². The highest BCUT2D eigenvalue weighted by Crippen LogP contribution is 2.29. The van der Waals surface area contributed by atoms with Crippen LogP contribution in [0.4, 0.5) is 11.4 Å². The van der Waals surface area contributed by atoms with Crippen LogP contribution in [-0.4, -0.2) is 6.61 Å². The minimum atomic E-state index is 0.809. The van der Waals surface area contributed by atoms with Gasteiger partial charge in [-0.3, -0.25) is 0 Å². The molecule has 228 valence electrons. The van der Waals surface area contributed by atoms with Crippen molar-refractivity contribution in [1.29, 1.82) is 0 Å². The van der Waals surface area contributed by atoms with Crippen LogP contribution in [0, 0.1) is 0 Å². The molecule has 3 rings (SSSR count). The van der Waals surface area contributed by atoms with E-state index in [-0.39, 0.29) is 0 Å². The fourth-order valence-electron chi connectivity index (χ4n) is 5.70. The number of anilines is 2. The van der Waals surface area contributed by atoms with Crippen LogP contribution in [0.25, 0.3) is 11.1 Å². The van der Waals surface area contributed by atoms with Gasteiger partial charge in [-0.2, -0.15) is 0 Å². The molecule has 0 aromatic heterocycles. The minimum Gasteiger partial charge on any atom is -0.494 e. The van der Waals surface area contributed by atoms with Crippen molar-refractivity contribution in [3.63, 3.8) is 0 Å². The normalized spacial score (nSPS) is 11.0. The van der Waals surface area contributed by atoms with Crippen LogP contribution < -0.4 is 9.64 Å². The second-order valence-corrected chi connectivity index (χ2v) is 11.8. The lowest BCUT2D eigenvalue weighted by atomic mass is 10.0. The molecule has 0 atom stereocenters. The number of unbranched alkanes of at least 4 members (excludes halogenated alkanes) is 17. The second kappa shape index (κ2) is 21.7. The summed E-state index contributed by atoms with van der Waals surface area (Å²) in [6.45, 7) is 7.10. The molecule has 0 aliphatic carbocycles.